The van der Waals surface area contributed by atoms with Crippen LogP contribution < -0.4 is 14.9 Å². The standard InChI is InChI=1S/C22H26N6O3S/c1-15-4-2-5-18(14-15)32(30,31)26-17-10-12-27(13-11-17)20-7-3-6-19-23-22(25-28(19)20)24-21(29)16-8-9-16/h2-7,14,16-17,26H,8-13H2,1H3,(H,24,25,29). The van der Waals surface area contributed by atoms with E-state index in [0.717, 1.165) is 24.2 Å². The fourth-order valence-corrected chi connectivity index (χ4v) is 5.45. The molecule has 0 spiro atoms. The van der Waals surface area contributed by atoms with Gasteiger partial charge in [0.1, 0.15) is 5.82 Å². The fraction of sp³-hybridized carbons (Fsp3) is 0.409. The Morgan fingerprint density at radius 1 is 1.06 bits per heavy atom. The summed E-state index contributed by atoms with van der Waals surface area (Å²) in [7, 11) is -3.55. The minimum Gasteiger partial charge on any atom is -0.356 e. The van der Waals surface area contributed by atoms with E-state index < -0.39 is 10.0 Å². The molecule has 3 heterocycles. The Bertz CT molecular complexity index is 1260. The lowest BCUT2D eigenvalue weighted by atomic mass is 10.1. The highest BCUT2D eigenvalue weighted by Crippen LogP contribution is 2.30. The van der Waals surface area contributed by atoms with E-state index in [0.29, 0.717) is 42.4 Å². The maximum Gasteiger partial charge on any atom is 0.249 e. The predicted molar refractivity (Wildman–Crippen MR) is 121 cm³/mol. The molecule has 2 aromatic heterocycles. The van der Waals surface area contributed by atoms with Gasteiger partial charge in [0, 0.05) is 25.0 Å². The molecule has 0 unspecified atom stereocenters. The van der Waals surface area contributed by atoms with Gasteiger partial charge in [-0.05, 0) is 62.4 Å². The van der Waals surface area contributed by atoms with Gasteiger partial charge in [-0.25, -0.2) is 13.1 Å². The largest absolute Gasteiger partial charge is 0.356 e. The number of sulfonamides is 1. The van der Waals surface area contributed by atoms with Crippen LogP contribution in [0.4, 0.5) is 11.8 Å². The van der Waals surface area contributed by atoms with Crippen LogP contribution in [0.25, 0.3) is 5.65 Å². The summed E-state index contributed by atoms with van der Waals surface area (Å²) in [4.78, 5) is 18.9. The second-order valence-electron chi connectivity index (χ2n) is 8.55. The molecule has 10 heteroatoms. The molecule has 1 aliphatic heterocycles. The molecule has 9 nitrogen and oxygen atoms in total. The third-order valence-corrected chi connectivity index (χ3v) is 7.48. The number of hydrogen-bond acceptors (Lipinski definition) is 6. The van der Waals surface area contributed by atoms with Gasteiger partial charge in [-0.3, -0.25) is 10.1 Å². The lowest BCUT2D eigenvalue weighted by Gasteiger charge is -2.33. The number of aromatic nitrogens is 3. The second-order valence-corrected chi connectivity index (χ2v) is 10.3. The molecule has 5 rings (SSSR count). The summed E-state index contributed by atoms with van der Waals surface area (Å²) in [6, 6.07) is 12.5. The number of pyridine rings is 1. The third kappa shape index (κ3) is 4.33. The summed E-state index contributed by atoms with van der Waals surface area (Å²) >= 11 is 0. The number of rotatable bonds is 6. The Hall–Kier alpha value is -2.98. The van der Waals surface area contributed by atoms with E-state index in [9.17, 15) is 13.2 Å². The Morgan fingerprint density at radius 3 is 2.53 bits per heavy atom. The molecule has 32 heavy (non-hydrogen) atoms. The molecule has 168 valence electrons. The predicted octanol–water partition coefficient (Wildman–Crippen LogP) is 2.33. The minimum atomic E-state index is -3.55. The normalized spacial score (nSPS) is 17.6. The molecule has 0 bridgehead atoms. The van der Waals surface area contributed by atoms with Crippen LogP contribution >= 0.6 is 0 Å². The number of aryl methyl sites for hydroxylation is 1. The highest BCUT2D eigenvalue weighted by Gasteiger charge is 2.30. The molecule has 1 amide bonds. The first-order valence-corrected chi connectivity index (χ1v) is 12.4. The van der Waals surface area contributed by atoms with Crippen LogP contribution in [0.5, 0.6) is 0 Å². The van der Waals surface area contributed by atoms with E-state index in [1.54, 1.807) is 22.7 Å². The number of fused-ring (bicyclic) bond motifs is 1. The average molecular weight is 455 g/mol. The highest BCUT2D eigenvalue weighted by molar-refractivity contribution is 7.89. The van der Waals surface area contributed by atoms with Crippen molar-refractivity contribution in [2.45, 2.75) is 43.5 Å². The number of piperidine rings is 1. The van der Waals surface area contributed by atoms with Gasteiger partial charge in [0.05, 0.1) is 4.90 Å². The maximum absolute atomic E-state index is 12.7. The summed E-state index contributed by atoms with van der Waals surface area (Å²) in [5, 5.41) is 7.28. The third-order valence-electron chi connectivity index (χ3n) is 5.96. The molecule has 2 aliphatic rings. The molecule has 1 aliphatic carbocycles. The van der Waals surface area contributed by atoms with E-state index in [1.807, 2.05) is 31.2 Å². The van der Waals surface area contributed by atoms with Gasteiger partial charge < -0.3 is 4.90 Å². The van der Waals surface area contributed by atoms with Crippen molar-refractivity contribution >= 4 is 33.3 Å². The van der Waals surface area contributed by atoms with Crippen LogP contribution in [-0.4, -0.2) is 48.1 Å². The van der Waals surface area contributed by atoms with E-state index in [2.05, 4.69) is 25.0 Å². The number of nitrogens with zero attached hydrogens (tertiary/aromatic N) is 4. The number of anilines is 2. The van der Waals surface area contributed by atoms with Crippen molar-refractivity contribution in [2.24, 2.45) is 5.92 Å². The van der Waals surface area contributed by atoms with Gasteiger partial charge >= 0.3 is 0 Å². The Morgan fingerprint density at radius 2 is 1.81 bits per heavy atom. The highest BCUT2D eigenvalue weighted by atomic mass is 32.2. The summed E-state index contributed by atoms with van der Waals surface area (Å²) in [5.41, 5.74) is 1.58. The first-order chi connectivity index (χ1) is 15.4. The lowest BCUT2D eigenvalue weighted by Crippen LogP contribution is -2.45. The Kier molecular flexibility index (Phi) is 5.34. The molecule has 0 atom stereocenters. The zero-order chi connectivity index (χ0) is 22.3. The molecule has 1 saturated heterocycles. The van der Waals surface area contributed by atoms with Gasteiger partial charge in [0.15, 0.2) is 5.65 Å². The van der Waals surface area contributed by atoms with Crippen molar-refractivity contribution in [1.82, 2.24) is 19.3 Å². The smallest absolute Gasteiger partial charge is 0.249 e. The van der Waals surface area contributed by atoms with Crippen LogP contribution in [0.15, 0.2) is 47.4 Å². The topological polar surface area (TPSA) is 109 Å². The number of carbonyl (C=O) groups excluding carboxylic acids is 1. The number of hydrogen-bond donors (Lipinski definition) is 2. The summed E-state index contributed by atoms with van der Waals surface area (Å²) in [5.74, 6) is 1.25. The quantitative estimate of drug-likeness (QED) is 0.592. The van der Waals surface area contributed by atoms with Crippen LogP contribution in [0.1, 0.15) is 31.2 Å². The molecular weight excluding hydrogens is 428 g/mol. The van der Waals surface area contributed by atoms with Gasteiger partial charge in [-0.2, -0.15) is 9.50 Å². The summed E-state index contributed by atoms with van der Waals surface area (Å²) in [6.45, 7) is 3.25. The number of nitrogens with one attached hydrogen (secondary N) is 2. The zero-order valence-corrected chi connectivity index (χ0v) is 18.7. The van der Waals surface area contributed by atoms with E-state index in [4.69, 9.17) is 0 Å². The fourth-order valence-electron chi connectivity index (χ4n) is 4.04. The average Bonchev–Trinajstić information content (AvgIpc) is 3.54. The van der Waals surface area contributed by atoms with Gasteiger partial charge in [0.25, 0.3) is 0 Å². The van der Waals surface area contributed by atoms with Crippen LogP contribution in [0.2, 0.25) is 0 Å². The van der Waals surface area contributed by atoms with Crippen molar-refractivity contribution < 1.29 is 13.2 Å². The second kappa shape index (κ2) is 8.18. The maximum atomic E-state index is 12.7. The SMILES string of the molecule is Cc1cccc(S(=O)(=O)NC2CCN(c3cccc4nc(NC(=O)C5CC5)nn34)CC2)c1. The van der Waals surface area contributed by atoms with Gasteiger partial charge in [0.2, 0.25) is 21.9 Å². The molecule has 2 N–H and O–H groups in total. The van der Waals surface area contributed by atoms with Crippen molar-refractivity contribution in [3.05, 3.63) is 48.0 Å². The monoisotopic (exact) mass is 454 g/mol. The van der Waals surface area contributed by atoms with E-state index in [1.165, 1.54) is 0 Å². The number of amides is 1. The molecule has 3 aromatic rings. The lowest BCUT2D eigenvalue weighted by molar-refractivity contribution is -0.117. The van der Waals surface area contributed by atoms with Gasteiger partial charge in [-0.15, -0.1) is 5.10 Å². The molecule has 1 saturated carbocycles. The molecule has 0 radical (unpaired) electrons. The summed E-state index contributed by atoms with van der Waals surface area (Å²) < 4.78 is 30.1. The first-order valence-electron chi connectivity index (χ1n) is 10.9. The number of benzene rings is 1. The molecular formula is C22H26N6O3S. The van der Waals surface area contributed by atoms with Crippen molar-refractivity contribution in [3.63, 3.8) is 0 Å². The van der Waals surface area contributed by atoms with E-state index >= 15 is 0 Å². The van der Waals surface area contributed by atoms with Crippen molar-refractivity contribution in [3.8, 4) is 0 Å². The van der Waals surface area contributed by atoms with Crippen molar-refractivity contribution in [2.75, 3.05) is 23.3 Å². The van der Waals surface area contributed by atoms with Crippen LogP contribution in [0.3, 0.4) is 0 Å². The minimum absolute atomic E-state index is 0.0239. The number of carbonyl (C=O) groups is 1. The summed E-state index contributed by atoms with van der Waals surface area (Å²) in [6.07, 6.45) is 3.21. The molecule has 2 fully saturated rings. The van der Waals surface area contributed by atoms with Crippen LogP contribution in [0, 0.1) is 12.8 Å². The van der Waals surface area contributed by atoms with E-state index in [-0.39, 0.29) is 17.9 Å². The Balaban J connectivity index is 1.26. The van der Waals surface area contributed by atoms with Crippen molar-refractivity contribution in [1.29, 1.82) is 0 Å². The van der Waals surface area contributed by atoms with Gasteiger partial charge in [-0.1, -0.05) is 18.2 Å². The van der Waals surface area contributed by atoms with Crippen LogP contribution in [-0.2, 0) is 14.8 Å². The first kappa shape index (κ1) is 20.9. The zero-order valence-electron chi connectivity index (χ0n) is 17.9. The Labute approximate surface area is 186 Å². The molecule has 1 aromatic carbocycles.